The number of sulfonamides is 1. The molecule has 5 nitrogen and oxygen atoms in total. The predicted molar refractivity (Wildman–Crippen MR) is 65.2 cm³/mol. The highest BCUT2D eigenvalue weighted by Gasteiger charge is 2.38. The van der Waals surface area contributed by atoms with Crippen molar-refractivity contribution < 1.29 is 17.2 Å². The van der Waals surface area contributed by atoms with Crippen molar-refractivity contribution in [1.29, 1.82) is 5.41 Å². The van der Waals surface area contributed by atoms with Crippen LogP contribution >= 0.6 is 0 Å². The second-order valence-corrected chi connectivity index (χ2v) is 6.16. The van der Waals surface area contributed by atoms with Crippen LogP contribution in [0.1, 0.15) is 12.8 Å². The molecule has 8 heteroatoms. The molecule has 1 saturated heterocycles. The van der Waals surface area contributed by atoms with E-state index < -0.39 is 32.6 Å². The van der Waals surface area contributed by atoms with E-state index in [1.165, 1.54) is 0 Å². The van der Waals surface area contributed by atoms with E-state index in [9.17, 15) is 17.2 Å². The molecule has 1 aliphatic heterocycles. The zero-order chi connectivity index (χ0) is 14.2. The number of nitrogens with two attached hydrogens (primary N) is 1. The molecular weight excluding hydrogens is 276 g/mol. The van der Waals surface area contributed by atoms with Crippen molar-refractivity contribution in [2.24, 2.45) is 5.73 Å². The minimum atomic E-state index is -4.19. The number of amidine groups is 1. The third-order valence-electron chi connectivity index (χ3n) is 3.04. The Morgan fingerprint density at radius 1 is 1.42 bits per heavy atom. The van der Waals surface area contributed by atoms with Gasteiger partial charge in [-0.15, -0.1) is 0 Å². The fraction of sp³-hybridized carbons (Fsp3) is 0.364. The van der Waals surface area contributed by atoms with E-state index >= 15 is 0 Å². The summed E-state index contributed by atoms with van der Waals surface area (Å²) in [6.45, 7) is 0.141. The van der Waals surface area contributed by atoms with Crippen LogP contribution < -0.4 is 5.73 Å². The monoisotopic (exact) mass is 289 g/mol. The van der Waals surface area contributed by atoms with Gasteiger partial charge >= 0.3 is 0 Å². The van der Waals surface area contributed by atoms with Gasteiger partial charge < -0.3 is 5.73 Å². The predicted octanol–water partition coefficient (Wildman–Crippen LogP) is 1.05. The highest BCUT2D eigenvalue weighted by molar-refractivity contribution is 7.89. The van der Waals surface area contributed by atoms with E-state index in [4.69, 9.17) is 11.1 Å². The normalized spacial score (nSPS) is 20.6. The number of benzene rings is 1. The molecule has 0 amide bonds. The van der Waals surface area contributed by atoms with Crippen LogP contribution in [0.3, 0.4) is 0 Å². The van der Waals surface area contributed by atoms with Gasteiger partial charge in [0, 0.05) is 6.54 Å². The summed E-state index contributed by atoms with van der Waals surface area (Å²) in [4.78, 5) is -0.722. The van der Waals surface area contributed by atoms with Crippen LogP contribution in [0.25, 0.3) is 0 Å². The summed E-state index contributed by atoms with van der Waals surface area (Å²) in [5.74, 6) is -2.15. The summed E-state index contributed by atoms with van der Waals surface area (Å²) in [5.41, 5.74) is 5.34. The molecule has 0 spiro atoms. The lowest BCUT2D eigenvalue weighted by molar-refractivity contribution is 0.437. The van der Waals surface area contributed by atoms with E-state index in [1.807, 2.05) is 0 Å². The van der Waals surface area contributed by atoms with Crippen molar-refractivity contribution in [2.75, 3.05) is 6.54 Å². The molecule has 0 bridgehead atoms. The SMILES string of the molecule is N=C(N)C1CCCN1S(=O)(=O)c1cc(F)ccc1F. The highest BCUT2D eigenvalue weighted by Crippen LogP contribution is 2.27. The van der Waals surface area contributed by atoms with Crippen LogP contribution in [0.5, 0.6) is 0 Å². The van der Waals surface area contributed by atoms with Crippen LogP contribution in [0.15, 0.2) is 23.1 Å². The zero-order valence-electron chi connectivity index (χ0n) is 9.94. The molecule has 1 aliphatic rings. The summed E-state index contributed by atoms with van der Waals surface area (Å²) in [6.07, 6.45) is 0.936. The Labute approximate surface area is 109 Å². The number of rotatable bonds is 3. The second kappa shape index (κ2) is 4.86. The highest BCUT2D eigenvalue weighted by atomic mass is 32.2. The quantitative estimate of drug-likeness (QED) is 0.644. The van der Waals surface area contributed by atoms with Gasteiger partial charge in [-0.2, -0.15) is 4.31 Å². The molecule has 0 aliphatic carbocycles. The maximum atomic E-state index is 13.6. The molecule has 2 rings (SSSR count). The number of hydrogen-bond acceptors (Lipinski definition) is 3. The Kier molecular flexibility index (Phi) is 3.55. The standard InChI is InChI=1S/C11H13F2N3O2S/c12-7-3-4-8(13)10(6-7)19(17,18)16-5-1-2-9(16)11(14)15/h3-4,6,9H,1-2,5H2,(H3,14,15). The Morgan fingerprint density at radius 3 is 2.74 bits per heavy atom. The Balaban J connectivity index is 2.48. The molecule has 19 heavy (non-hydrogen) atoms. The average molecular weight is 289 g/mol. The van der Waals surface area contributed by atoms with E-state index in [-0.39, 0.29) is 12.4 Å². The lowest BCUT2D eigenvalue weighted by atomic mass is 10.2. The molecule has 1 aromatic carbocycles. The minimum absolute atomic E-state index is 0.141. The lowest BCUT2D eigenvalue weighted by Crippen LogP contribution is -2.43. The van der Waals surface area contributed by atoms with Crippen molar-refractivity contribution >= 4 is 15.9 Å². The first-order valence-corrected chi connectivity index (χ1v) is 7.09. The molecule has 0 radical (unpaired) electrons. The average Bonchev–Trinajstić information content (AvgIpc) is 2.82. The van der Waals surface area contributed by atoms with Gasteiger partial charge in [-0.25, -0.2) is 17.2 Å². The number of nitrogens with zero attached hydrogens (tertiary/aromatic N) is 1. The van der Waals surface area contributed by atoms with Crippen molar-refractivity contribution in [3.63, 3.8) is 0 Å². The Morgan fingerprint density at radius 2 is 2.11 bits per heavy atom. The fourth-order valence-corrected chi connectivity index (χ4v) is 3.89. The Hall–Kier alpha value is -1.54. The summed E-state index contributed by atoms with van der Waals surface area (Å²) in [7, 11) is -4.19. The summed E-state index contributed by atoms with van der Waals surface area (Å²) in [5, 5.41) is 7.36. The lowest BCUT2D eigenvalue weighted by Gasteiger charge is -2.23. The second-order valence-electron chi connectivity index (χ2n) is 4.30. The van der Waals surface area contributed by atoms with Crippen molar-refractivity contribution in [3.05, 3.63) is 29.8 Å². The van der Waals surface area contributed by atoms with Crippen LogP contribution in [-0.4, -0.2) is 31.1 Å². The molecule has 3 N–H and O–H groups in total. The van der Waals surface area contributed by atoms with Crippen molar-refractivity contribution in [3.8, 4) is 0 Å². The van der Waals surface area contributed by atoms with Crippen LogP contribution in [-0.2, 0) is 10.0 Å². The third-order valence-corrected chi connectivity index (χ3v) is 4.97. The van der Waals surface area contributed by atoms with E-state index in [1.54, 1.807) is 0 Å². The topological polar surface area (TPSA) is 87.2 Å². The van der Waals surface area contributed by atoms with Gasteiger partial charge in [-0.1, -0.05) is 0 Å². The van der Waals surface area contributed by atoms with Crippen molar-refractivity contribution in [2.45, 2.75) is 23.8 Å². The smallest absolute Gasteiger partial charge is 0.246 e. The molecular formula is C11H13F2N3O2S. The van der Waals surface area contributed by atoms with E-state index in [0.717, 1.165) is 16.4 Å². The minimum Gasteiger partial charge on any atom is -0.386 e. The fourth-order valence-electron chi connectivity index (χ4n) is 2.14. The van der Waals surface area contributed by atoms with Gasteiger partial charge in [0.05, 0.1) is 6.04 Å². The molecule has 104 valence electrons. The summed E-state index contributed by atoms with van der Waals surface area (Å²) in [6, 6.07) is 1.47. The number of hydrogen-bond donors (Lipinski definition) is 2. The largest absolute Gasteiger partial charge is 0.386 e. The zero-order valence-corrected chi connectivity index (χ0v) is 10.8. The maximum Gasteiger partial charge on any atom is 0.246 e. The maximum absolute atomic E-state index is 13.6. The summed E-state index contributed by atoms with van der Waals surface area (Å²) < 4.78 is 52.2. The van der Waals surface area contributed by atoms with Gasteiger partial charge in [0.1, 0.15) is 22.4 Å². The van der Waals surface area contributed by atoms with Crippen LogP contribution in [0, 0.1) is 17.0 Å². The molecule has 1 aromatic rings. The van der Waals surface area contributed by atoms with Gasteiger partial charge in [0.25, 0.3) is 0 Å². The molecule has 0 saturated carbocycles. The van der Waals surface area contributed by atoms with Crippen LogP contribution in [0.2, 0.25) is 0 Å². The first-order valence-electron chi connectivity index (χ1n) is 5.65. The number of nitrogens with one attached hydrogen (secondary N) is 1. The third kappa shape index (κ3) is 2.45. The molecule has 1 atom stereocenters. The Bertz CT molecular complexity index is 618. The molecule has 1 fully saturated rings. The van der Waals surface area contributed by atoms with Gasteiger partial charge in [-0.3, -0.25) is 5.41 Å². The van der Waals surface area contributed by atoms with E-state index in [0.29, 0.717) is 18.9 Å². The first kappa shape index (κ1) is 13.9. The van der Waals surface area contributed by atoms with Gasteiger partial charge in [-0.05, 0) is 31.0 Å². The van der Waals surface area contributed by atoms with Crippen molar-refractivity contribution in [1.82, 2.24) is 4.31 Å². The molecule has 0 aromatic heterocycles. The summed E-state index contributed by atoms with van der Waals surface area (Å²) >= 11 is 0. The number of halogens is 2. The molecule has 1 heterocycles. The first-order chi connectivity index (χ1) is 8.84. The van der Waals surface area contributed by atoms with Gasteiger partial charge in [0.15, 0.2) is 0 Å². The van der Waals surface area contributed by atoms with Gasteiger partial charge in [0.2, 0.25) is 10.0 Å². The molecule has 1 unspecified atom stereocenters. The van der Waals surface area contributed by atoms with Crippen LogP contribution in [0.4, 0.5) is 8.78 Å². The van der Waals surface area contributed by atoms with E-state index in [2.05, 4.69) is 0 Å².